The zero-order chi connectivity index (χ0) is 15.9. The summed E-state index contributed by atoms with van der Waals surface area (Å²) in [7, 11) is 0. The number of rotatable bonds is 8. The van der Waals surface area contributed by atoms with E-state index in [2.05, 4.69) is 6.92 Å². The number of carbonyl (C=O) groups is 2. The maximum absolute atomic E-state index is 12.0. The van der Waals surface area contributed by atoms with E-state index in [-0.39, 0.29) is 18.9 Å². The molecule has 2 rings (SSSR count). The number of anilines is 1. The van der Waals surface area contributed by atoms with Crippen molar-refractivity contribution >= 4 is 17.6 Å². The van der Waals surface area contributed by atoms with Gasteiger partial charge in [-0.05, 0) is 18.6 Å². The van der Waals surface area contributed by atoms with E-state index in [9.17, 15) is 9.59 Å². The molecule has 1 heterocycles. The van der Waals surface area contributed by atoms with E-state index < -0.39 is 11.9 Å². The maximum atomic E-state index is 12.0. The molecule has 1 aromatic carbocycles. The predicted octanol–water partition coefficient (Wildman–Crippen LogP) is 3.08. The Morgan fingerprint density at radius 3 is 2.86 bits per heavy atom. The summed E-state index contributed by atoms with van der Waals surface area (Å²) in [5, 5.41) is 9.03. The zero-order valence-corrected chi connectivity index (χ0v) is 13.0. The lowest BCUT2D eigenvalue weighted by Crippen LogP contribution is -2.25. The number of nitrogens with zero attached hydrogens (tertiary/aromatic N) is 1. The third kappa shape index (κ3) is 4.23. The van der Waals surface area contributed by atoms with Crippen molar-refractivity contribution in [2.45, 2.75) is 39.0 Å². The first-order valence-corrected chi connectivity index (χ1v) is 7.88. The molecule has 1 fully saturated rings. The van der Waals surface area contributed by atoms with Crippen LogP contribution in [0, 0.1) is 5.92 Å². The van der Waals surface area contributed by atoms with Crippen molar-refractivity contribution in [3.05, 3.63) is 24.3 Å². The van der Waals surface area contributed by atoms with Gasteiger partial charge < -0.3 is 14.7 Å². The molecule has 5 heteroatoms. The Labute approximate surface area is 130 Å². The molecule has 22 heavy (non-hydrogen) atoms. The highest BCUT2D eigenvalue weighted by atomic mass is 16.5. The van der Waals surface area contributed by atoms with Gasteiger partial charge in [0.1, 0.15) is 5.75 Å². The van der Waals surface area contributed by atoms with E-state index in [0.29, 0.717) is 12.3 Å². The fraction of sp³-hybridized carbons (Fsp3) is 0.529. The van der Waals surface area contributed by atoms with Crippen LogP contribution in [0.3, 0.4) is 0 Å². The first kappa shape index (κ1) is 16.3. The van der Waals surface area contributed by atoms with Crippen LogP contribution in [0.15, 0.2) is 24.3 Å². The molecule has 1 amide bonds. The molecule has 1 aromatic rings. The van der Waals surface area contributed by atoms with E-state index in [1.165, 1.54) is 17.7 Å². The quantitative estimate of drug-likeness (QED) is 0.749. The lowest BCUT2D eigenvalue weighted by atomic mass is 10.1. The van der Waals surface area contributed by atoms with E-state index in [0.717, 1.165) is 18.6 Å². The molecule has 120 valence electrons. The molecular weight excluding hydrogens is 282 g/mol. The molecule has 0 spiro atoms. The van der Waals surface area contributed by atoms with Crippen molar-refractivity contribution in [2.75, 3.05) is 18.1 Å². The Kier molecular flexibility index (Phi) is 5.81. The Bertz CT molecular complexity index is 529. The van der Waals surface area contributed by atoms with Crippen molar-refractivity contribution < 1.29 is 19.4 Å². The summed E-state index contributed by atoms with van der Waals surface area (Å²) in [4.78, 5) is 24.5. The van der Waals surface area contributed by atoms with Crippen molar-refractivity contribution in [3.63, 3.8) is 0 Å². The van der Waals surface area contributed by atoms with Crippen molar-refractivity contribution in [1.82, 2.24) is 0 Å². The molecule has 0 aliphatic carbocycles. The monoisotopic (exact) mass is 305 g/mol. The van der Waals surface area contributed by atoms with Crippen LogP contribution in [0.4, 0.5) is 5.69 Å². The largest absolute Gasteiger partial charge is 0.494 e. The lowest BCUT2D eigenvalue weighted by Gasteiger charge is -2.17. The second-order valence-electron chi connectivity index (χ2n) is 5.65. The van der Waals surface area contributed by atoms with Gasteiger partial charge in [-0.15, -0.1) is 0 Å². The summed E-state index contributed by atoms with van der Waals surface area (Å²) >= 11 is 0. The summed E-state index contributed by atoms with van der Waals surface area (Å²) < 4.78 is 5.71. The number of carboxylic acids is 1. The first-order chi connectivity index (χ1) is 10.6. The third-order valence-electron chi connectivity index (χ3n) is 3.87. The summed E-state index contributed by atoms with van der Waals surface area (Å²) in [6.45, 7) is 3.06. The van der Waals surface area contributed by atoms with Crippen LogP contribution in [0.25, 0.3) is 0 Å². The fourth-order valence-electron chi connectivity index (χ4n) is 2.58. The third-order valence-corrected chi connectivity index (χ3v) is 3.87. The minimum Gasteiger partial charge on any atom is -0.494 e. The minimum atomic E-state index is -0.917. The summed E-state index contributed by atoms with van der Waals surface area (Å²) in [5.74, 6) is -0.960. The number of amides is 1. The smallest absolute Gasteiger partial charge is 0.308 e. The van der Waals surface area contributed by atoms with E-state index in [1.807, 2.05) is 24.3 Å². The van der Waals surface area contributed by atoms with Crippen LogP contribution in [-0.4, -0.2) is 30.1 Å². The second kappa shape index (κ2) is 7.82. The van der Waals surface area contributed by atoms with E-state index in [4.69, 9.17) is 9.84 Å². The van der Waals surface area contributed by atoms with Gasteiger partial charge in [-0.2, -0.15) is 0 Å². The minimum absolute atomic E-state index is 0.0669. The van der Waals surface area contributed by atoms with E-state index in [1.54, 1.807) is 0 Å². The van der Waals surface area contributed by atoms with Gasteiger partial charge >= 0.3 is 5.97 Å². The molecule has 0 saturated carbocycles. The number of benzene rings is 1. The highest BCUT2D eigenvalue weighted by Gasteiger charge is 2.35. The molecule has 5 nitrogen and oxygen atoms in total. The number of aliphatic carboxylic acids is 1. The van der Waals surface area contributed by atoms with Crippen LogP contribution in [0.2, 0.25) is 0 Å². The van der Waals surface area contributed by atoms with Gasteiger partial charge in [0, 0.05) is 24.7 Å². The van der Waals surface area contributed by atoms with Gasteiger partial charge in [0.05, 0.1) is 12.5 Å². The number of carbonyl (C=O) groups excluding carboxylic acids is 1. The number of carboxylic acid groups (broad SMARTS) is 1. The zero-order valence-electron chi connectivity index (χ0n) is 13.0. The highest BCUT2D eigenvalue weighted by molar-refractivity contribution is 5.99. The number of hydrogen-bond donors (Lipinski definition) is 1. The van der Waals surface area contributed by atoms with E-state index >= 15 is 0 Å². The van der Waals surface area contributed by atoms with Gasteiger partial charge in [0.15, 0.2) is 0 Å². The van der Waals surface area contributed by atoms with Crippen molar-refractivity contribution in [2.24, 2.45) is 5.92 Å². The van der Waals surface area contributed by atoms with Crippen LogP contribution < -0.4 is 9.64 Å². The van der Waals surface area contributed by atoms with Crippen molar-refractivity contribution in [3.8, 4) is 5.75 Å². The molecule has 0 aromatic heterocycles. The maximum Gasteiger partial charge on any atom is 0.308 e. The van der Waals surface area contributed by atoms with Gasteiger partial charge in [0.25, 0.3) is 0 Å². The van der Waals surface area contributed by atoms with Crippen molar-refractivity contribution in [1.29, 1.82) is 0 Å². The van der Waals surface area contributed by atoms with Crippen LogP contribution in [0.1, 0.15) is 39.0 Å². The molecule has 1 aliphatic rings. The van der Waals surface area contributed by atoms with Crippen LogP contribution in [0.5, 0.6) is 5.75 Å². The lowest BCUT2D eigenvalue weighted by molar-refractivity contribution is -0.141. The average Bonchev–Trinajstić information content (AvgIpc) is 2.90. The standard InChI is InChI=1S/C17H23NO4/c1-2-3-4-5-9-22-15-8-6-7-14(11-15)18-12-13(17(20)21)10-16(18)19/h6-8,11,13H,2-5,9-10,12H2,1H3,(H,20,21). The average molecular weight is 305 g/mol. The molecule has 1 atom stereocenters. The van der Waals surface area contributed by atoms with Crippen LogP contribution >= 0.6 is 0 Å². The number of unbranched alkanes of at least 4 members (excludes halogenated alkanes) is 3. The van der Waals surface area contributed by atoms with Crippen LogP contribution in [-0.2, 0) is 9.59 Å². The fourth-order valence-corrected chi connectivity index (χ4v) is 2.58. The second-order valence-corrected chi connectivity index (χ2v) is 5.65. The molecular formula is C17H23NO4. The molecule has 0 bridgehead atoms. The summed E-state index contributed by atoms with van der Waals surface area (Å²) in [6.07, 6.45) is 4.64. The first-order valence-electron chi connectivity index (χ1n) is 7.88. The summed E-state index contributed by atoms with van der Waals surface area (Å²) in [6, 6.07) is 7.31. The molecule has 0 radical (unpaired) electrons. The number of hydrogen-bond acceptors (Lipinski definition) is 3. The molecule has 1 saturated heterocycles. The molecule has 1 aliphatic heterocycles. The van der Waals surface area contributed by atoms with Gasteiger partial charge in [-0.25, -0.2) is 0 Å². The topological polar surface area (TPSA) is 66.8 Å². The predicted molar refractivity (Wildman–Crippen MR) is 84.2 cm³/mol. The Morgan fingerprint density at radius 1 is 1.36 bits per heavy atom. The Balaban J connectivity index is 1.94. The molecule has 1 unspecified atom stereocenters. The highest BCUT2D eigenvalue weighted by Crippen LogP contribution is 2.28. The van der Waals surface area contributed by atoms with Gasteiger partial charge in [-0.1, -0.05) is 32.3 Å². The summed E-state index contributed by atoms with van der Waals surface area (Å²) in [5.41, 5.74) is 0.708. The Morgan fingerprint density at radius 2 is 2.18 bits per heavy atom. The van der Waals surface area contributed by atoms with Gasteiger partial charge in [0.2, 0.25) is 5.91 Å². The molecule has 1 N–H and O–H groups in total. The number of ether oxygens (including phenoxy) is 1. The normalized spacial score (nSPS) is 17.8. The SMILES string of the molecule is CCCCCCOc1cccc(N2CC(C(=O)O)CC2=O)c1. The Hall–Kier alpha value is -2.04. The van der Waals surface area contributed by atoms with Gasteiger partial charge in [-0.3, -0.25) is 9.59 Å².